The lowest BCUT2D eigenvalue weighted by molar-refractivity contribution is 0.0471. The van der Waals surface area contributed by atoms with E-state index in [1.54, 1.807) is 0 Å². The molecule has 0 heterocycles. The van der Waals surface area contributed by atoms with E-state index in [0.717, 1.165) is 0 Å². The first-order valence-electron chi connectivity index (χ1n) is 8.23. The van der Waals surface area contributed by atoms with Crippen molar-refractivity contribution in [2.75, 3.05) is 6.54 Å². The van der Waals surface area contributed by atoms with E-state index in [-0.39, 0.29) is 17.2 Å². The van der Waals surface area contributed by atoms with Crippen LogP contribution in [0.5, 0.6) is 0 Å². The Kier molecular flexibility index (Phi) is 8.00. The van der Waals surface area contributed by atoms with Gasteiger partial charge < -0.3 is 20.2 Å². The maximum Gasteiger partial charge on any atom is 0.408 e. The minimum absolute atomic E-state index is 0.106. The molecule has 0 radical (unpaired) electrons. The van der Waals surface area contributed by atoms with Crippen LogP contribution >= 0.6 is 0 Å². The van der Waals surface area contributed by atoms with E-state index in [9.17, 15) is 4.79 Å². The fourth-order valence-corrected chi connectivity index (χ4v) is 3.14. The highest BCUT2D eigenvalue weighted by molar-refractivity contribution is 6.74. The zero-order valence-corrected chi connectivity index (χ0v) is 17.3. The minimum atomic E-state index is -1.93. The number of alkyl carbamates (subject to hydrolysis) is 1. The van der Waals surface area contributed by atoms with Gasteiger partial charge in [0.2, 0.25) is 0 Å². The van der Waals surface area contributed by atoms with Gasteiger partial charge in [-0.1, -0.05) is 32.9 Å². The van der Waals surface area contributed by atoms with E-state index in [0.29, 0.717) is 6.54 Å². The molecule has 0 aromatic heterocycles. The van der Waals surface area contributed by atoms with E-state index < -0.39 is 20.0 Å². The summed E-state index contributed by atoms with van der Waals surface area (Å²) in [6.45, 7) is 18.9. The lowest BCUT2D eigenvalue weighted by Gasteiger charge is -2.40. The maximum absolute atomic E-state index is 12.1. The summed E-state index contributed by atoms with van der Waals surface area (Å²) in [5, 5.41) is 2.98. The molecule has 0 aliphatic carbocycles. The highest BCUT2D eigenvalue weighted by Gasteiger charge is 2.39. The van der Waals surface area contributed by atoms with Crippen molar-refractivity contribution >= 4 is 14.4 Å². The Hall–Kier alpha value is -0.853. The van der Waals surface area contributed by atoms with Gasteiger partial charge in [-0.05, 0) is 45.8 Å². The average molecular weight is 345 g/mol. The summed E-state index contributed by atoms with van der Waals surface area (Å²) in [4.78, 5) is 12.1. The van der Waals surface area contributed by atoms with Crippen molar-refractivity contribution in [2.24, 2.45) is 5.73 Å². The Bertz CT molecular complexity index is 409. The average Bonchev–Trinajstić information content (AvgIpc) is 2.29. The van der Waals surface area contributed by atoms with Gasteiger partial charge in [-0.15, -0.1) is 0 Å². The topological polar surface area (TPSA) is 73.6 Å². The molecule has 1 unspecified atom stereocenters. The van der Waals surface area contributed by atoms with Gasteiger partial charge in [0.1, 0.15) is 5.60 Å². The van der Waals surface area contributed by atoms with E-state index in [2.05, 4.69) is 39.2 Å². The van der Waals surface area contributed by atoms with Crippen molar-refractivity contribution in [2.45, 2.75) is 84.3 Å². The van der Waals surface area contributed by atoms with Crippen molar-refractivity contribution < 1.29 is 14.0 Å². The number of amides is 1. The molecule has 136 valence electrons. The summed E-state index contributed by atoms with van der Waals surface area (Å²) in [5.74, 6) is 0. The molecule has 0 aliphatic rings. The molecular formula is C17H36N2O3Si. The van der Waals surface area contributed by atoms with E-state index in [4.69, 9.17) is 14.9 Å². The second-order valence-electron chi connectivity index (χ2n) is 8.42. The highest BCUT2D eigenvalue weighted by atomic mass is 28.4. The van der Waals surface area contributed by atoms with Crippen molar-refractivity contribution in [1.82, 2.24) is 5.32 Å². The first-order valence-corrected chi connectivity index (χ1v) is 11.1. The molecule has 6 heteroatoms. The van der Waals surface area contributed by atoms with Gasteiger partial charge in [-0.2, -0.15) is 0 Å². The largest absolute Gasteiger partial charge is 0.444 e. The maximum atomic E-state index is 12.1. The Morgan fingerprint density at radius 3 is 2.13 bits per heavy atom. The number of nitrogens with two attached hydrogens (primary N) is 1. The predicted molar refractivity (Wildman–Crippen MR) is 99.1 cm³/mol. The number of carbonyl (C=O) groups is 1. The fraction of sp³-hybridized carbons (Fsp3) is 0.824. The molecule has 3 N–H and O–H groups in total. The van der Waals surface area contributed by atoms with Gasteiger partial charge in [-0.25, -0.2) is 4.79 Å². The van der Waals surface area contributed by atoms with Gasteiger partial charge in [0, 0.05) is 6.54 Å². The van der Waals surface area contributed by atoms with E-state index in [1.165, 1.54) is 0 Å². The summed E-state index contributed by atoms with van der Waals surface area (Å²) < 4.78 is 11.7. The SMILES string of the molecule is CC(O[Si](C)(C)C(C)(C)C)[C@H](C=CCN)NC(=O)OC(C)(C)C. The highest BCUT2D eigenvalue weighted by Crippen LogP contribution is 2.37. The third-order valence-corrected chi connectivity index (χ3v) is 8.53. The molecule has 0 aromatic rings. The zero-order chi connectivity index (χ0) is 18.5. The lowest BCUT2D eigenvalue weighted by atomic mass is 10.1. The monoisotopic (exact) mass is 344 g/mol. The normalized spacial score (nSPS) is 16.3. The van der Waals surface area contributed by atoms with Crippen molar-refractivity contribution in [3.63, 3.8) is 0 Å². The van der Waals surface area contributed by atoms with Gasteiger partial charge in [-0.3, -0.25) is 0 Å². The Labute approximate surface area is 143 Å². The quantitative estimate of drug-likeness (QED) is 0.568. The third-order valence-electron chi connectivity index (χ3n) is 3.96. The van der Waals surface area contributed by atoms with E-state index in [1.807, 2.05) is 39.8 Å². The molecule has 0 saturated carbocycles. The Morgan fingerprint density at radius 1 is 1.22 bits per heavy atom. The van der Waals surface area contributed by atoms with E-state index >= 15 is 0 Å². The molecule has 5 nitrogen and oxygen atoms in total. The summed E-state index contributed by atoms with van der Waals surface area (Å²) in [5.41, 5.74) is 5.01. The summed E-state index contributed by atoms with van der Waals surface area (Å²) in [6, 6.07) is -0.275. The molecule has 0 bridgehead atoms. The number of carbonyl (C=O) groups excluding carboxylic acids is 1. The van der Waals surface area contributed by atoms with Gasteiger partial charge >= 0.3 is 6.09 Å². The van der Waals surface area contributed by atoms with Crippen LogP contribution in [0.25, 0.3) is 0 Å². The third kappa shape index (κ3) is 8.53. The molecule has 2 atom stereocenters. The second-order valence-corrected chi connectivity index (χ2v) is 13.2. The van der Waals surface area contributed by atoms with Crippen LogP contribution in [0, 0.1) is 0 Å². The molecule has 0 rings (SSSR count). The van der Waals surface area contributed by atoms with Gasteiger partial charge in [0.25, 0.3) is 0 Å². The molecule has 1 amide bonds. The number of ether oxygens (including phenoxy) is 1. The summed E-state index contributed by atoms with van der Waals surface area (Å²) in [7, 11) is -1.93. The Balaban J connectivity index is 5.03. The molecule has 23 heavy (non-hydrogen) atoms. The van der Waals surface area contributed by atoms with Crippen LogP contribution in [0.15, 0.2) is 12.2 Å². The van der Waals surface area contributed by atoms with Crippen LogP contribution < -0.4 is 11.1 Å². The summed E-state index contributed by atoms with van der Waals surface area (Å²) >= 11 is 0. The number of nitrogens with one attached hydrogen (secondary N) is 1. The number of hydrogen-bond donors (Lipinski definition) is 2. The van der Waals surface area contributed by atoms with Crippen LogP contribution in [0.3, 0.4) is 0 Å². The molecule has 0 aromatic carbocycles. The lowest BCUT2D eigenvalue weighted by Crippen LogP contribution is -2.50. The van der Waals surface area contributed by atoms with Crippen molar-refractivity contribution in [3.05, 3.63) is 12.2 Å². The minimum Gasteiger partial charge on any atom is -0.444 e. The van der Waals surface area contributed by atoms with Gasteiger partial charge in [0.05, 0.1) is 12.1 Å². The van der Waals surface area contributed by atoms with Crippen molar-refractivity contribution in [3.8, 4) is 0 Å². The standard InChI is InChI=1S/C17H36N2O3Si/c1-13(22-23(8,9)17(5,6)7)14(11-10-12-18)19-15(20)21-16(2,3)4/h10-11,13-14H,12,18H2,1-9H3,(H,19,20)/t13?,14-/m0/s1. The van der Waals surface area contributed by atoms with Crippen molar-refractivity contribution in [1.29, 1.82) is 0 Å². The molecule has 0 spiro atoms. The Morgan fingerprint density at radius 2 is 1.74 bits per heavy atom. The second kappa shape index (κ2) is 8.31. The van der Waals surface area contributed by atoms with Crippen LogP contribution in [-0.2, 0) is 9.16 Å². The molecular weight excluding hydrogens is 308 g/mol. The predicted octanol–water partition coefficient (Wildman–Crippen LogP) is 3.80. The first kappa shape index (κ1) is 22.1. The summed E-state index contributed by atoms with van der Waals surface area (Å²) in [6.07, 6.45) is 3.09. The number of rotatable bonds is 6. The smallest absolute Gasteiger partial charge is 0.408 e. The fourth-order valence-electron chi connectivity index (χ4n) is 1.71. The van der Waals surface area contributed by atoms with Crippen LogP contribution in [0.2, 0.25) is 18.1 Å². The molecule has 0 aliphatic heterocycles. The van der Waals surface area contributed by atoms with Crippen LogP contribution in [0.1, 0.15) is 48.5 Å². The zero-order valence-electron chi connectivity index (χ0n) is 16.3. The molecule has 0 fully saturated rings. The number of hydrogen-bond acceptors (Lipinski definition) is 4. The molecule has 0 saturated heterocycles. The van der Waals surface area contributed by atoms with Crippen LogP contribution in [-0.4, -0.2) is 38.7 Å². The van der Waals surface area contributed by atoms with Crippen LogP contribution in [0.4, 0.5) is 4.79 Å². The van der Waals surface area contributed by atoms with Gasteiger partial charge in [0.15, 0.2) is 8.32 Å². The first-order chi connectivity index (χ1) is 10.2.